The lowest BCUT2D eigenvalue weighted by Crippen LogP contribution is -2.46. The van der Waals surface area contributed by atoms with E-state index in [1.807, 2.05) is 0 Å². The van der Waals surface area contributed by atoms with E-state index in [2.05, 4.69) is 10.3 Å². The van der Waals surface area contributed by atoms with Crippen molar-refractivity contribution in [1.29, 1.82) is 0 Å². The van der Waals surface area contributed by atoms with Crippen LogP contribution in [0, 0.1) is 0 Å². The number of aromatic nitrogens is 1. The van der Waals surface area contributed by atoms with Gasteiger partial charge in [0.15, 0.2) is 5.69 Å². The zero-order valence-electron chi connectivity index (χ0n) is 9.27. The van der Waals surface area contributed by atoms with Crippen LogP contribution in [-0.2, 0) is 0 Å². The largest absolute Gasteiger partial charge is 0.494 e. The predicted octanol–water partition coefficient (Wildman–Crippen LogP) is 0.136. The normalized spacial score (nSPS) is 15.9. The van der Waals surface area contributed by atoms with Crippen LogP contribution in [0.25, 0.3) is 0 Å². The first-order chi connectivity index (χ1) is 7.83. The van der Waals surface area contributed by atoms with E-state index in [1.54, 1.807) is 30.3 Å². The van der Waals surface area contributed by atoms with Crippen LogP contribution in [0.4, 0.5) is 0 Å². The molecule has 0 aliphatic carbocycles. The fraction of sp³-hybridized carbons (Fsp3) is 0.455. The van der Waals surface area contributed by atoms with Crippen molar-refractivity contribution in [3.63, 3.8) is 0 Å². The smallest absolute Gasteiger partial charge is 0.276 e. The van der Waals surface area contributed by atoms with Crippen LogP contribution in [0.15, 0.2) is 18.3 Å². The molecule has 0 spiro atoms. The van der Waals surface area contributed by atoms with Gasteiger partial charge in [0.2, 0.25) is 0 Å². The van der Waals surface area contributed by atoms with Crippen molar-refractivity contribution < 1.29 is 9.53 Å². The summed E-state index contributed by atoms with van der Waals surface area (Å²) in [4.78, 5) is 18.0. The Morgan fingerprint density at radius 1 is 1.50 bits per heavy atom. The van der Waals surface area contributed by atoms with Gasteiger partial charge in [-0.3, -0.25) is 4.79 Å². The lowest BCUT2D eigenvalue weighted by Gasteiger charge is -2.27. The Balaban J connectivity index is 2.19. The molecule has 1 N–H and O–H groups in total. The monoisotopic (exact) mass is 221 g/mol. The molecule has 0 atom stereocenters. The Hall–Kier alpha value is -1.62. The molecule has 1 aromatic rings. The van der Waals surface area contributed by atoms with Gasteiger partial charge in [0.1, 0.15) is 5.75 Å². The molecule has 1 aliphatic rings. The van der Waals surface area contributed by atoms with E-state index in [-0.39, 0.29) is 5.91 Å². The van der Waals surface area contributed by atoms with Gasteiger partial charge in [-0.25, -0.2) is 4.98 Å². The van der Waals surface area contributed by atoms with Crippen LogP contribution < -0.4 is 10.1 Å². The summed E-state index contributed by atoms with van der Waals surface area (Å²) in [6.45, 7) is 3.11. The molecule has 86 valence electrons. The van der Waals surface area contributed by atoms with Crippen molar-refractivity contribution in [2.45, 2.75) is 0 Å². The second-order valence-corrected chi connectivity index (χ2v) is 3.60. The van der Waals surface area contributed by atoms with Gasteiger partial charge in [0, 0.05) is 32.4 Å². The van der Waals surface area contributed by atoms with Crippen molar-refractivity contribution in [3.05, 3.63) is 24.0 Å². The van der Waals surface area contributed by atoms with Crippen molar-refractivity contribution in [3.8, 4) is 5.75 Å². The van der Waals surface area contributed by atoms with E-state index in [0.717, 1.165) is 26.2 Å². The first kappa shape index (κ1) is 10.9. The SMILES string of the molecule is COc1cccnc1C(=O)N1CCNCC1. The molecule has 2 rings (SSSR count). The van der Waals surface area contributed by atoms with Gasteiger partial charge >= 0.3 is 0 Å². The van der Waals surface area contributed by atoms with E-state index < -0.39 is 0 Å². The van der Waals surface area contributed by atoms with E-state index >= 15 is 0 Å². The average Bonchev–Trinajstić information content (AvgIpc) is 2.39. The van der Waals surface area contributed by atoms with E-state index in [0.29, 0.717) is 11.4 Å². The van der Waals surface area contributed by atoms with Crippen molar-refractivity contribution in [2.75, 3.05) is 33.3 Å². The minimum Gasteiger partial charge on any atom is -0.494 e. The predicted molar refractivity (Wildman–Crippen MR) is 59.6 cm³/mol. The number of nitrogens with zero attached hydrogens (tertiary/aromatic N) is 2. The van der Waals surface area contributed by atoms with Crippen molar-refractivity contribution in [2.24, 2.45) is 0 Å². The molecular weight excluding hydrogens is 206 g/mol. The zero-order valence-corrected chi connectivity index (χ0v) is 9.27. The van der Waals surface area contributed by atoms with Crippen LogP contribution in [-0.4, -0.2) is 49.1 Å². The topological polar surface area (TPSA) is 54.5 Å². The van der Waals surface area contributed by atoms with Gasteiger partial charge in [0.25, 0.3) is 5.91 Å². The highest BCUT2D eigenvalue weighted by molar-refractivity contribution is 5.95. The van der Waals surface area contributed by atoms with Crippen LogP contribution in [0.2, 0.25) is 0 Å². The first-order valence-corrected chi connectivity index (χ1v) is 5.32. The standard InChI is InChI=1S/C11H15N3O2/c1-16-9-3-2-4-13-10(9)11(15)14-7-5-12-6-8-14/h2-4,12H,5-8H2,1H3. The van der Waals surface area contributed by atoms with Gasteiger partial charge in [-0.05, 0) is 12.1 Å². The summed E-state index contributed by atoms with van der Waals surface area (Å²) < 4.78 is 5.13. The van der Waals surface area contributed by atoms with E-state index in [4.69, 9.17) is 4.74 Å². The van der Waals surface area contributed by atoms with Gasteiger partial charge in [-0.1, -0.05) is 0 Å². The molecule has 5 heteroatoms. The molecule has 5 nitrogen and oxygen atoms in total. The lowest BCUT2D eigenvalue weighted by atomic mass is 10.2. The maximum Gasteiger partial charge on any atom is 0.276 e. The van der Waals surface area contributed by atoms with Gasteiger partial charge in [-0.15, -0.1) is 0 Å². The number of carbonyl (C=O) groups excluding carboxylic acids is 1. The third-order valence-electron chi connectivity index (χ3n) is 2.60. The number of ether oxygens (including phenoxy) is 1. The van der Waals surface area contributed by atoms with E-state index in [9.17, 15) is 4.79 Å². The van der Waals surface area contributed by atoms with Gasteiger partial charge in [0.05, 0.1) is 7.11 Å². The van der Waals surface area contributed by atoms with Crippen LogP contribution in [0.5, 0.6) is 5.75 Å². The quantitative estimate of drug-likeness (QED) is 0.771. The third kappa shape index (κ3) is 2.14. The molecular formula is C11H15N3O2. The molecule has 1 aliphatic heterocycles. The van der Waals surface area contributed by atoms with Crippen LogP contribution >= 0.6 is 0 Å². The maximum absolute atomic E-state index is 12.1. The summed E-state index contributed by atoms with van der Waals surface area (Å²) >= 11 is 0. The molecule has 0 saturated carbocycles. The summed E-state index contributed by atoms with van der Waals surface area (Å²) in [6.07, 6.45) is 1.61. The second kappa shape index (κ2) is 4.94. The molecule has 0 radical (unpaired) electrons. The summed E-state index contributed by atoms with van der Waals surface area (Å²) in [6, 6.07) is 3.51. The number of nitrogens with one attached hydrogen (secondary N) is 1. The third-order valence-corrected chi connectivity index (χ3v) is 2.60. The first-order valence-electron chi connectivity index (χ1n) is 5.32. The van der Waals surface area contributed by atoms with Crippen LogP contribution in [0.3, 0.4) is 0 Å². The van der Waals surface area contributed by atoms with Gasteiger partial charge in [-0.2, -0.15) is 0 Å². The van der Waals surface area contributed by atoms with Crippen LogP contribution in [0.1, 0.15) is 10.5 Å². The summed E-state index contributed by atoms with van der Waals surface area (Å²) in [5, 5.41) is 3.20. The zero-order chi connectivity index (χ0) is 11.4. The summed E-state index contributed by atoms with van der Waals surface area (Å²) in [5.41, 5.74) is 0.395. The fourth-order valence-electron chi connectivity index (χ4n) is 1.73. The molecule has 1 amide bonds. The molecule has 1 aromatic heterocycles. The Labute approximate surface area is 94.4 Å². The minimum absolute atomic E-state index is 0.0565. The fourth-order valence-corrected chi connectivity index (χ4v) is 1.73. The molecule has 2 heterocycles. The highest BCUT2D eigenvalue weighted by Crippen LogP contribution is 2.16. The summed E-state index contributed by atoms with van der Waals surface area (Å²) in [7, 11) is 1.55. The second-order valence-electron chi connectivity index (χ2n) is 3.60. The number of hydrogen-bond acceptors (Lipinski definition) is 4. The molecule has 1 fully saturated rings. The lowest BCUT2D eigenvalue weighted by molar-refractivity contribution is 0.0726. The number of hydrogen-bond donors (Lipinski definition) is 1. The molecule has 16 heavy (non-hydrogen) atoms. The molecule has 1 saturated heterocycles. The van der Waals surface area contributed by atoms with E-state index in [1.165, 1.54) is 0 Å². The molecule has 0 aromatic carbocycles. The van der Waals surface area contributed by atoms with Crippen molar-refractivity contribution >= 4 is 5.91 Å². The number of carbonyl (C=O) groups is 1. The van der Waals surface area contributed by atoms with Crippen molar-refractivity contribution in [1.82, 2.24) is 15.2 Å². The molecule has 0 bridgehead atoms. The van der Waals surface area contributed by atoms with Gasteiger partial charge < -0.3 is 15.0 Å². The number of amides is 1. The summed E-state index contributed by atoms with van der Waals surface area (Å²) in [5.74, 6) is 0.477. The average molecular weight is 221 g/mol. The number of rotatable bonds is 2. The Morgan fingerprint density at radius 3 is 2.94 bits per heavy atom. The number of methoxy groups -OCH3 is 1. The maximum atomic E-state index is 12.1. The Morgan fingerprint density at radius 2 is 2.25 bits per heavy atom. The Kier molecular flexibility index (Phi) is 3.36. The highest BCUT2D eigenvalue weighted by Gasteiger charge is 2.21. The minimum atomic E-state index is -0.0565. The molecule has 0 unspecified atom stereocenters. The number of piperazine rings is 1. The number of pyridine rings is 1. The Bertz CT molecular complexity index is 375. The highest BCUT2D eigenvalue weighted by atomic mass is 16.5.